The van der Waals surface area contributed by atoms with Crippen LogP contribution in [0.3, 0.4) is 0 Å². The Hall–Kier alpha value is -4.32. The van der Waals surface area contributed by atoms with E-state index in [1.54, 1.807) is 0 Å². The third-order valence-electron chi connectivity index (χ3n) is 7.36. The number of H-pyrrole nitrogens is 1. The number of imidazole rings is 1. The van der Waals surface area contributed by atoms with Gasteiger partial charge in [0.1, 0.15) is 10.6 Å². The van der Waals surface area contributed by atoms with Gasteiger partial charge in [-0.25, -0.2) is 4.98 Å². The lowest BCUT2D eigenvalue weighted by atomic mass is 10.1. The van der Waals surface area contributed by atoms with E-state index in [1.165, 1.54) is 0 Å². The fourth-order valence-corrected chi connectivity index (χ4v) is 6.45. The molecule has 0 spiro atoms. The molecule has 0 aliphatic carbocycles. The lowest BCUT2D eigenvalue weighted by Gasteiger charge is -2.25. The minimum Gasteiger partial charge on any atom is -0.454 e. The maximum atomic E-state index is 7.20. The van der Waals surface area contributed by atoms with Gasteiger partial charge in [0.2, 0.25) is 5.95 Å². The average molecular weight is 589 g/mol. The summed E-state index contributed by atoms with van der Waals surface area (Å²) in [6, 6.07) is 37.1. The van der Waals surface area contributed by atoms with E-state index in [0.717, 1.165) is 64.8 Å². The van der Waals surface area contributed by atoms with Gasteiger partial charge in [0.15, 0.2) is 5.58 Å². The summed E-state index contributed by atoms with van der Waals surface area (Å²) in [5.41, 5.74) is 5.04. The minimum atomic E-state index is 0.526. The SMILES string of the molecule is Clc1c(N(c2nc3c(ccc4ccccc43)[nH]2)c2cccc3cccc(Br)c23)ccc2c1oc1ccccc12. The van der Waals surface area contributed by atoms with Crippen molar-refractivity contribution >= 4 is 99.4 Å². The number of furan rings is 1. The maximum Gasteiger partial charge on any atom is 0.213 e. The van der Waals surface area contributed by atoms with Crippen LogP contribution in [0.25, 0.3) is 54.5 Å². The molecule has 6 heteroatoms. The van der Waals surface area contributed by atoms with Crippen LogP contribution >= 0.6 is 27.5 Å². The second-order valence-electron chi connectivity index (χ2n) is 9.57. The molecule has 1 N–H and O–H groups in total. The second-order valence-corrected chi connectivity index (χ2v) is 10.8. The molecule has 0 aliphatic rings. The third-order valence-corrected chi connectivity index (χ3v) is 8.38. The first kappa shape index (κ1) is 22.6. The highest BCUT2D eigenvalue weighted by Crippen LogP contribution is 2.46. The van der Waals surface area contributed by atoms with Crippen molar-refractivity contribution in [2.75, 3.05) is 4.90 Å². The summed E-state index contributed by atoms with van der Waals surface area (Å²) in [6.07, 6.45) is 0. The van der Waals surface area contributed by atoms with Crippen LogP contribution in [0.15, 0.2) is 118 Å². The molecular formula is C33H19BrClN3O. The Morgan fingerprint density at radius 1 is 0.692 bits per heavy atom. The number of benzene rings is 6. The van der Waals surface area contributed by atoms with Gasteiger partial charge in [-0.05, 0) is 47.2 Å². The summed E-state index contributed by atoms with van der Waals surface area (Å²) in [4.78, 5) is 10.8. The number of nitrogens with one attached hydrogen (secondary N) is 1. The molecular weight excluding hydrogens is 570 g/mol. The van der Waals surface area contributed by atoms with Gasteiger partial charge in [-0.2, -0.15) is 0 Å². The lowest BCUT2D eigenvalue weighted by Crippen LogP contribution is -2.13. The van der Waals surface area contributed by atoms with Gasteiger partial charge in [-0.3, -0.25) is 4.90 Å². The van der Waals surface area contributed by atoms with Crippen LogP contribution in [-0.2, 0) is 0 Å². The number of aromatic nitrogens is 2. The molecule has 0 radical (unpaired) electrons. The molecule has 0 fully saturated rings. The Morgan fingerprint density at radius 3 is 2.36 bits per heavy atom. The number of fused-ring (bicyclic) bond motifs is 7. The molecule has 0 saturated heterocycles. The molecule has 39 heavy (non-hydrogen) atoms. The predicted molar refractivity (Wildman–Crippen MR) is 166 cm³/mol. The largest absolute Gasteiger partial charge is 0.454 e. The van der Waals surface area contributed by atoms with Crippen LogP contribution in [0.4, 0.5) is 17.3 Å². The molecule has 4 nitrogen and oxygen atoms in total. The van der Waals surface area contributed by atoms with Crippen molar-refractivity contribution in [2.24, 2.45) is 0 Å². The van der Waals surface area contributed by atoms with Crippen LogP contribution in [-0.4, -0.2) is 9.97 Å². The van der Waals surface area contributed by atoms with Gasteiger partial charge in [0.05, 0.1) is 22.4 Å². The van der Waals surface area contributed by atoms with Crippen LogP contribution in [0.5, 0.6) is 0 Å². The number of nitrogens with zero attached hydrogens (tertiary/aromatic N) is 2. The van der Waals surface area contributed by atoms with Crippen molar-refractivity contribution in [3.63, 3.8) is 0 Å². The van der Waals surface area contributed by atoms with E-state index in [-0.39, 0.29) is 0 Å². The van der Waals surface area contributed by atoms with E-state index >= 15 is 0 Å². The quantitative estimate of drug-likeness (QED) is 0.223. The van der Waals surface area contributed by atoms with Crippen molar-refractivity contribution in [3.05, 3.63) is 119 Å². The summed E-state index contributed by atoms with van der Waals surface area (Å²) in [5, 5.41) is 6.95. The van der Waals surface area contributed by atoms with E-state index in [9.17, 15) is 0 Å². The van der Waals surface area contributed by atoms with Crippen molar-refractivity contribution in [1.82, 2.24) is 9.97 Å². The molecule has 6 aromatic carbocycles. The highest BCUT2D eigenvalue weighted by Gasteiger charge is 2.25. The van der Waals surface area contributed by atoms with E-state index in [4.69, 9.17) is 21.0 Å². The Kier molecular flexibility index (Phi) is 4.99. The van der Waals surface area contributed by atoms with Gasteiger partial charge < -0.3 is 9.40 Å². The van der Waals surface area contributed by atoms with E-state index in [2.05, 4.69) is 92.5 Å². The Bertz CT molecular complexity index is 2230. The summed E-state index contributed by atoms with van der Waals surface area (Å²) in [7, 11) is 0. The zero-order valence-corrected chi connectivity index (χ0v) is 22.8. The van der Waals surface area contributed by atoms with E-state index < -0.39 is 0 Å². The third kappa shape index (κ3) is 3.40. The molecule has 0 unspecified atom stereocenters. The Labute approximate surface area is 236 Å². The number of anilines is 3. The summed E-state index contributed by atoms with van der Waals surface area (Å²) in [6.45, 7) is 0. The first-order chi connectivity index (χ1) is 19.2. The number of halogens is 2. The predicted octanol–water partition coefficient (Wildman–Crippen LogP) is 10.7. The van der Waals surface area contributed by atoms with E-state index in [1.807, 2.05) is 42.5 Å². The monoisotopic (exact) mass is 587 g/mol. The first-order valence-corrected chi connectivity index (χ1v) is 13.8. The van der Waals surface area contributed by atoms with Crippen LogP contribution in [0.1, 0.15) is 0 Å². The standard InChI is InChI=1S/C33H19BrClN3O/c34-24-12-5-8-20-9-6-13-26(29(20)24)38(33-36-25-17-15-19-7-1-2-10-21(19)31(25)37-33)27-18-16-23-22-11-3-4-14-28(22)39-32(23)30(27)35/h1-18H,(H,36,37). The molecule has 186 valence electrons. The fourth-order valence-electron chi connectivity index (χ4n) is 5.58. The number of hydrogen-bond donors (Lipinski definition) is 1. The van der Waals surface area contributed by atoms with Gasteiger partial charge in [-0.15, -0.1) is 0 Å². The molecule has 0 saturated carbocycles. The highest BCUT2D eigenvalue weighted by molar-refractivity contribution is 9.10. The van der Waals surface area contributed by atoms with Crippen molar-refractivity contribution in [1.29, 1.82) is 0 Å². The summed E-state index contributed by atoms with van der Waals surface area (Å²) < 4.78 is 7.26. The highest BCUT2D eigenvalue weighted by atomic mass is 79.9. The Morgan fingerprint density at radius 2 is 1.46 bits per heavy atom. The molecule has 2 aromatic heterocycles. The number of aromatic amines is 1. The van der Waals surface area contributed by atoms with Gasteiger partial charge in [0, 0.05) is 26.0 Å². The first-order valence-electron chi connectivity index (χ1n) is 12.6. The molecule has 8 aromatic rings. The lowest BCUT2D eigenvalue weighted by molar-refractivity contribution is 0.669. The van der Waals surface area contributed by atoms with Crippen LogP contribution in [0, 0.1) is 0 Å². The van der Waals surface area contributed by atoms with Crippen molar-refractivity contribution in [3.8, 4) is 0 Å². The summed E-state index contributed by atoms with van der Waals surface area (Å²) in [5.74, 6) is 0.668. The molecule has 0 atom stereocenters. The zero-order chi connectivity index (χ0) is 26.1. The molecule has 0 bridgehead atoms. The normalized spacial score (nSPS) is 11.8. The number of para-hydroxylation sites is 1. The molecule has 2 heterocycles. The van der Waals surface area contributed by atoms with Crippen molar-refractivity contribution in [2.45, 2.75) is 0 Å². The Balaban J connectivity index is 1.46. The average Bonchev–Trinajstić information content (AvgIpc) is 3.57. The van der Waals surface area contributed by atoms with Gasteiger partial charge >= 0.3 is 0 Å². The van der Waals surface area contributed by atoms with Crippen LogP contribution < -0.4 is 4.90 Å². The van der Waals surface area contributed by atoms with Gasteiger partial charge in [0.25, 0.3) is 0 Å². The smallest absolute Gasteiger partial charge is 0.213 e. The number of rotatable bonds is 3. The fraction of sp³-hybridized carbons (Fsp3) is 0. The summed E-state index contributed by atoms with van der Waals surface area (Å²) >= 11 is 11.0. The molecule has 0 amide bonds. The molecule has 0 aliphatic heterocycles. The maximum absolute atomic E-state index is 7.20. The molecule has 8 rings (SSSR count). The topological polar surface area (TPSA) is 45.1 Å². The van der Waals surface area contributed by atoms with E-state index in [0.29, 0.717) is 16.6 Å². The number of hydrogen-bond acceptors (Lipinski definition) is 3. The van der Waals surface area contributed by atoms with Crippen molar-refractivity contribution < 1.29 is 4.42 Å². The minimum absolute atomic E-state index is 0.526. The van der Waals surface area contributed by atoms with Gasteiger partial charge in [-0.1, -0.05) is 100 Å². The second kappa shape index (κ2) is 8.60. The van der Waals surface area contributed by atoms with Crippen LogP contribution in [0.2, 0.25) is 5.02 Å². The zero-order valence-electron chi connectivity index (χ0n) is 20.5.